The van der Waals surface area contributed by atoms with Crippen molar-refractivity contribution in [1.29, 1.82) is 0 Å². The summed E-state index contributed by atoms with van der Waals surface area (Å²) in [5.74, 6) is -0.0767. The van der Waals surface area contributed by atoms with Gasteiger partial charge in [-0.25, -0.2) is 4.79 Å². The van der Waals surface area contributed by atoms with Gasteiger partial charge in [-0.1, -0.05) is 11.6 Å². The molecule has 0 amide bonds. The maximum absolute atomic E-state index is 11.0. The van der Waals surface area contributed by atoms with E-state index in [4.69, 9.17) is 23.2 Å². The smallest absolute Gasteiger partial charge is 0.323 e. The first-order valence-electron chi connectivity index (χ1n) is 3.84. The van der Waals surface area contributed by atoms with Crippen LogP contribution in [0.2, 0.25) is 5.02 Å². The molecule has 0 spiro atoms. The fourth-order valence-electron chi connectivity index (χ4n) is 0.839. The molecule has 1 rings (SSSR count). The topological polar surface area (TPSA) is 72.8 Å². The number of rotatable bonds is 4. The second-order valence-electron chi connectivity index (χ2n) is 2.57. The lowest BCUT2D eigenvalue weighted by molar-refractivity contribution is 0.491. The minimum absolute atomic E-state index is 0.00481. The number of hydrogen-bond acceptors (Lipinski definition) is 5. The third-order valence-corrected chi connectivity index (χ3v) is 3.24. The molecule has 0 aliphatic heterocycles. The monoisotopic (exact) mass is 281 g/mol. The number of alkyl halides is 1. The maximum atomic E-state index is 11.0. The van der Waals surface area contributed by atoms with Crippen LogP contribution in [0.3, 0.4) is 0 Å². The number of halogens is 2. The molecule has 8 heteroatoms. The highest BCUT2D eigenvalue weighted by molar-refractivity contribution is 7.88. The maximum Gasteiger partial charge on any atom is 0.323 e. The molecule has 0 aromatic heterocycles. The zero-order valence-corrected chi connectivity index (χ0v) is 10.0. The van der Waals surface area contributed by atoms with Crippen molar-refractivity contribution in [3.63, 3.8) is 0 Å². The Morgan fingerprint density at radius 3 is 2.62 bits per heavy atom. The Morgan fingerprint density at radius 2 is 2.12 bits per heavy atom. The van der Waals surface area contributed by atoms with Gasteiger partial charge >= 0.3 is 10.1 Å². The molecule has 0 aliphatic carbocycles. The van der Waals surface area contributed by atoms with Crippen molar-refractivity contribution < 1.29 is 17.4 Å². The van der Waals surface area contributed by atoms with Gasteiger partial charge in [0.1, 0.15) is 0 Å². The van der Waals surface area contributed by atoms with Gasteiger partial charge in [-0.05, 0) is 18.2 Å². The Kier molecular flexibility index (Phi) is 4.32. The van der Waals surface area contributed by atoms with Crippen molar-refractivity contribution in [2.75, 3.05) is 5.21 Å². The van der Waals surface area contributed by atoms with Crippen LogP contribution in [0.5, 0.6) is 5.75 Å². The largest absolute Gasteiger partial charge is 0.380 e. The zero-order valence-electron chi connectivity index (χ0n) is 7.68. The number of carbonyl (C=O) groups excluding carboxylic acids is 1. The summed E-state index contributed by atoms with van der Waals surface area (Å²) in [6.07, 6.45) is 1.33. The second-order valence-corrected chi connectivity index (χ2v) is 5.13. The van der Waals surface area contributed by atoms with Crippen LogP contribution in [0.15, 0.2) is 23.2 Å². The summed E-state index contributed by atoms with van der Waals surface area (Å²) in [6, 6.07) is 3.89. The Balaban J connectivity index is 3.05. The van der Waals surface area contributed by atoms with E-state index < -0.39 is 15.3 Å². The summed E-state index contributed by atoms with van der Waals surface area (Å²) < 4.78 is 26.6. The molecular weight excluding hydrogens is 277 g/mol. The van der Waals surface area contributed by atoms with Crippen LogP contribution in [0, 0.1) is 0 Å². The SMILES string of the molecule is O=C=Nc1ccc(OS(=O)(=O)CCl)c(Cl)c1. The molecule has 0 N–H and O–H groups in total. The average Bonchev–Trinajstić information content (AvgIpc) is 2.23. The summed E-state index contributed by atoms with van der Waals surface area (Å²) >= 11 is 10.9. The third kappa shape index (κ3) is 3.50. The quantitative estimate of drug-likeness (QED) is 0.367. The molecule has 0 saturated carbocycles. The Labute approximate surface area is 102 Å². The fourth-order valence-corrected chi connectivity index (χ4v) is 1.69. The summed E-state index contributed by atoms with van der Waals surface area (Å²) in [5, 5.41) is -0.678. The predicted octanol–water partition coefficient (Wildman–Crippen LogP) is 2.21. The molecule has 0 radical (unpaired) electrons. The fraction of sp³-hybridized carbons (Fsp3) is 0.125. The molecule has 1 aromatic carbocycles. The molecule has 0 fully saturated rings. The van der Waals surface area contributed by atoms with E-state index in [9.17, 15) is 13.2 Å². The summed E-state index contributed by atoms with van der Waals surface area (Å²) in [4.78, 5) is 13.3. The van der Waals surface area contributed by atoms with Crippen LogP contribution in [-0.2, 0) is 14.9 Å². The standard InChI is InChI=1S/C8H5Cl2NO4S/c9-4-16(13,14)15-8-2-1-6(11-5-12)3-7(8)10/h1-3H,4H2. The van der Waals surface area contributed by atoms with E-state index in [1.54, 1.807) is 0 Å². The number of hydrogen-bond donors (Lipinski definition) is 0. The van der Waals surface area contributed by atoms with Gasteiger partial charge in [0.25, 0.3) is 0 Å². The molecular formula is C8H5Cl2NO4S. The first-order chi connectivity index (χ1) is 7.48. The number of isocyanates is 1. The highest BCUT2D eigenvalue weighted by Crippen LogP contribution is 2.29. The third-order valence-electron chi connectivity index (χ3n) is 1.44. The molecule has 0 unspecified atom stereocenters. The summed E-state index contributed by atoms with van der Waals surface area (Å²) in [6.45, 7) is 0. The predicted molar refractivity (Wildman–Crippen MR) is 59.5 cm³/mol. The van der Waals surface area contributed by atoms with Crippen LogP contribution in [0.25, 0.3) is 0 Å². The summed E-state index contributed by atoms with van der Waals surface area (Å²) in [5.41, 5.74) is 0.246. The Hall–Kier alpha value is -1.07. The Morgan fingerprint density at radius 1 is 1.44 bits per heavy atom. The van der Waals surface area contributed by atoms with Gasteiger partial charge in [0.2, 0.25) is 6.08 Å². The van der Waals surface area contributed by atoms with Crippen LogP contribution in [0.4, 0.5) is 5.69 Å². The molecule has 16 heavy (non-hydrogen) atoms. The van der Waals surface area contributed by atoms with Crippen LogP contribution in [0.1, 0.15) is 0 Å². The minimum Gasteiger partial charge on any atom is -0.380 e. The number of benzene rings is 1. The average molecular weight is 282 g/mol. The molecule has 0 atom stereocenters. The molecule has 0 aliphatic rings. The van der Waals surface area contributed by atoms with Crippen molar-refractivity contribution in [3.05, 3.63) is 23.2 Å². The number of aliphatic imine (C=N–C) groups is 1. The lowest BCUT2D eigenvalue weighted by Gasteiger charge is -2.05. The van der Waals surface area contributed by atoms with Gasteiger partial charge in [0.15, 0.2) is 11.0 Å². The van der Waals surface area contributed by atoms with Crippen molar-refractivity contribution in [2.45, 2.75) is 0 Å². The van der Waals surface area contributed by atoms with E-state index in [2.05, 4.69) is 9.18 Å². The van der Waals surface area contributed by atoms with E-state index in [0.717, 1.165) is 0 Å². The lowest BCUT2D eigenvalue weighted by atomic mass is 10.3. The highest BCUT2D eigenvalue weighted by atomic mass is 35.5. The van der Waals surface area contributed by atoms with Crippen molar-refractivity contribution >= 4 is 45.1 Å². The second kappa shape index (κ2) is 5.32. The first kappa shape index (κ1) is 13.0. The minimum atomic E-state index is -3.85. The van der Waals surface area contributed by atoms with Crippen LogP contribution >= 0.6 is 23.2 Å². The van der Waals surface area contributed by atoms with Crippen LogP contribution in [-0.4, -0.2) is 19.7 Å². The van der Waals surface area contributed by atoms with Gasteiger partial charge < -0.3 is 4.18 Å². The van der Waals surface area contributed by atoms with E-state index in [1.807, 2.05) is 0 Å². The van der Waals surface area contributed by atoms with Gasteiger partial charge in [-0.3, -0.25) is 0 Å². The van der Waals surface area contributed by atoms with E-state index in [-0.39, 0.29) is 16.5 Å². The van der Waals surface area contributed by atoms with Crippen molar-refractivity contribution in [3.8, 4) is 5.75 Å². The number of nitrogens with zero attached hydrogens (tertiary/aromatic N) is 1. The van der Waals surface area contributed by atoms with E-state index in [1.165, 1.54) is 24.3 Å². The normalized spacial score (nSPS) is 10.6. The summed E-state index contributed by atoms with van der Waals surface area (Å²) in [7, 11) is -3.85. The van der Waals surface area contributed by atoms with Crippen molar-refractivity contribution in [1.82, 2.24) is 0 Å². The molecule has 0 saturated heterocycles. The molecule has 0 bridgehead atoms. The van der Waals surface area contributed by atoms with Gasteiger partial charge in [-0.2, -0.15) is 13.4 Å². The van der Waals surface area contributed by atoms with Gasteiger partial charge in [0, 0.05) is 0 Å². The molecule has 86 valence electrons. The first-order valence-corrected chi connectivity index (χ1v) is 6.33. The molecule has 0 heterocycles. The van der Waals surface area contributed by atoms with Gasteiger partial charge in [0.05, 0.1) is 10.7 Å². The van der Waals surface area contributed by atoms with E-state index >= 15 is 0 Å². The highest BCUT2D eigenvalue weighted by Gasteiger charge is 2.13. The lowest BCUT2D eigenvalue weighted by Crippen LogP contribution is -2.10. The van der Waals surface area contributed by atoms with Gasteiger partial charge in [-0.15, -0.1) is 11.6 Å². The molecule has 1 aromatic rings. The van der Waals surface area contributed by atoms with Crippen LogP contribution < -0.4 is 4.18 Å². The van der Waals surface area contributed by atoms with Crippen molar-refractivity contribution in [2.24, 2.45) is 4.99 Å². The Bertz CT molecular complexity index is 537. The van der Waals surface area contributed by atoms with E-state index in [0.29, 0.717) is 0 Å². The zero-order chi connectivity index (χ0) is 12.2. The molecule has 5 nitrogen and oxygen atoms in total.